The van der Waals surface area contributed by atoms with E-state index >= 15 is 0 Å². The highest BCUT2D eigenvalue weighted by atomic mass is 16.4. The van der Waals surface area contributed by atoms with Crippen LogP contribution >= 0.6 is 0 Å². The van der Waals surface area contributed by atoms with Gasteiger partial charge in [-0.25, -0.2) is 4.79 Å². The van der Waals surface area contributed by atoms with Crippen molar-refractivity contribution in [3.8, 4) is 0 Å². The second kappa shape index (κ2) is 4.96. The molecule has 0 atom stereocenters. The fourth-order valence-corrected chi connectivity index (χ4v) is 1.62. The van der Waals surface area contributed by atoms with Crippen molar-refractivity contribution in [1.82, 2.24) is 0 Å². The van der Waals surface area contributed by atoms with Crippen molar-refractivity contribution in [2.24, 2.45) is 0 Å². The van der Waals surface area contributed by atoms with Crippen LogP contribution in [0.5, 0.6) is 0 Å². The summed E-state index contributed by atoms with van der Waals surface area (Å²) in [7, 11) is 0. The van der Waals surface area contributed by atoms with Crippen LogP contribution in [0, 0.1) is 13.8 Å². The number of hydrogen-bond acceptors (Lipinski definition) is 2. The molecule has 0 N–H and O–H groups in total. The highest BCUT2D eigenvalue weighted by molar-refractivity contribution is 5.39. The second-order valence-electron chi connectivity index (χ2n) is 3.40. The van der Waals surface area contributed by atoms with Crippen molar-refractivity contribution in [1.29, 1.82) is 0 Å². The zero-order valence-corrected chi connectivity index (χ0v) is 9.89. The van der Waals surface area contributed by atoms with Gasteiger partial charge in [-0.1, -0.05) is 19.9 Å². The Hall–Kier alpha value is -1.31. The fourth-order valence-electron chi connectivity index (χ4n) is 1.62. The molecule has 0 saturated carbocycles. The Balaban J connectivity index is 0.000000531. The Labute approximate surface area is 89.9 Å². The first-order valence-electron chi connectivity index (χ1n) is 5.51. The molecule has 2 rings (SSSR count). The quantitative estimate of drug-likeness (QED) is 0.646. The smallest absolute Gasteiger partial charge is 0.339 e. The third kappa shape index (κ3) is 2.20. The van der Waals surface area contributed by atoms with Gasteiger partial charge in [-0.05, 0) is 38.3 Å². The molecule has 0 saturated heterocycles. The summed E-state index contributed by atoms with van der Waals surface area (Å²) in [6, 6.07) is 0. The molecule has 2 nitrogen and oxygen atoms in total. The molecule has 1 heterocycles. The molecule has 0 spiro atoms. The van der Waals surface area contributed by atoms with Crippen LogP contribution in [0.4, 0.5) is 0 Å². The van der Waals surface area contributed by atoms with Gasteiger partial charge in [-0.15, -0.1) is 0 Å². The molecule has 0 aliphatic heterocycles. The monoisotopic (exact) mass is 206 g/mol. The average molecular weight is 206 g/mol. The summed E-state index contributed by atoms with van der Waals surface area (Å²) in [4.78, 5) is 11.3. The van der Waals surface area contributed by atoms with Crippen molar-refractivity contribution in [3.63, 3.8) is 0 Å². The molecule has 0 aromatic carbocycles. The van der Waals surface area contributed by atoms with Crippen LogP contribution in [0.15, 0.2) is 9.21 Å². The van der Waals surface area contributed by atoms with E-state index in [1.165, 1.54) is 0 Å². The van der Waals surface area contributed by atoms with Crippen molar-refractivity contribution in [2.75, 3.05) is 0 Å². The Bertz CT molecular complexity index is 507. The van der Waals surface area contributed by atoms with E-state index in [0.29, 0.717) is 0 Å². The van der Waals surface area contributed by atoms with Gasteiger partial charge in [-0.2, -0.15) is 0 Å². The maximum atomic E-state index is 11.3. The van der Waals surface area contributed by atoms with E-state index in [1.807, 2.05) is 33.8 Å². The van der Waals surface area contributed by atoms with E-state index in [-0.39, 0.29) is 5.63 Å². The highest BCUT2D eigenvalue weighted by Crippen LogP contribution is 1.98. The lowest BCUT2D eigenvalue weighted by molar-refractivity contribution is 0.464. The van der Waals surface area contributed by atoms with Gasteiger partial charge in [0.15, 0.2) is 0 Å². The lowest BCUT2D eigenvalue weighted by Crippen LogP contribution is -2.34. The van der Waals surface area contributed by atoms with Gasteiger partial charge >= 0.3 is 5.63 Å². The van der Waals surface area contributed by atoms with Crippen LogP contribution in [0.25, 0.3) is 12.2 Å². The minimum absolute atomic E-state index is 0.206. The Kier molecular flexibility index (Phi) is 3.89. The number of rotatable bonds is 0. The first kappa shape index (κ1) is 11.8. The minimum Gasteiger partial charge on any atom is -0.423 e. The maximum absolute atomic E-state index is 11.3. The van der Waals surface area contributed by atoms with Crippen molar-refractivity contribution >= 4 is 12.2 Å². The molecule has 1 aromatic heterocycles. The van der Waals surface area contributed by atoms with E-state index in [0.717, 1.165) is 34.6 Å². The summed E-state index contributed by atoms with van der Waals surface area (Å²) in [5.41, 5.74) is 2.33. The van der Waals surface area contributed by atoms with Crippen molar-refractivity contribution < 1.29 is 4.42 Å². The van der Waals surface area contributed by atoms with Crippen molar-refractivity contribution in [2.45, 2.75) is 40.5 Å². The summed E-state index contributed by atoms with van der Waals surface area (Å²) in [5.74, 6) is 0. The first-order chi connectivity index (χ1) is 7.20. The summed E-state index contributed by atoms with van der Waals surface area (Å²) >= 11 is 0. The second-order valence-corrected chi connectivity index (χ2v) is 3.40. The molecule has 2 heteroatoms. The molecule has 1 aliphatic rings. The molecule has 0 fully saturated rings. The standard InChI is InChI=1S/C11H12O2.C2H6/c1-7-8(2)11(12)13-10-6-4-3-5-9(7)10;1-2/h5-6H,3-4H2,1-2H3;1-2H3. The molecule has 15 heavy (non-hydrogen) atoms. The van der Waals surface area contributed by atoms with Crippen molar-refractivity contribution in [3.05, 3.63) is 32.2 Å². The number of hydrogen-bond donors (Lipinski definition) is 0. The lowest BCUT2D eigenvalue weighted by Gasteiger charge is -2.03. The first-order valence-corrected chi connectivity index (χ1v) is 5.51. The van der Waals surface area contributed by atoms with Gasteiger partial charge in [0.05, 0.1) is 0 Å². The van der Waals surface area contributed by atoms with Crippen LogP contribution in [0.3, 0.4) is 0 Å². The van der Waals surface area contributed by atoms with Crippen LogP contribution < -0.4 is 16.3 Å². The van der Waals surface area contributed by atoms with E-state index in [2.05, 4.69) is 6.08 Å². The zero-order valence-electron chi connectivity index (χ0n) is 9.89. The zero-order chi connectivity index (χ0) is 11.4. The van der Waals surface area contributed by atoms with Gasteiger partial charge < -0.3 is 4.42 Å². The lowest BCUT2D eigenvalue weighted by atomic mass is 10.1. The van der Waals surface area contributed by atoms with Crippen LogP contribution in [-0.4, -0.2) is 0 Å². The van der Waals surface area contributed by atoms with Crippen LogP contribution in [0.1, 0.15) is 37.8 Å². The molecule has 0 bridgehead atoms. The molecule has 1 aliphatic carbocycles. The molecule has 0 amide bonds. The maximum Gasteiger partial charge on any atom is 0.339 e. The predicted octanol–water partition coefficient (Wildman–Crippen LogP) is 1.64. The fraction of sp³-hybridized carbons (Fsp3) is 0.462. The highest BCUT2D eigenvalue weighted by Gasteiger charge is 2.05. The van der Waals surface area contributed by atoms with E-state index in [1.54, 1.807) is 0 Å². The Morgan fingerprint density at radius 1 is 1.07 bits per heavy atom. The van der Waals surface area contributed by atoms with E-state index < -0.39 is 0 Å². The van der Waals surface area contributed by atoms with Gasteiger partial charge in [0, 0.05) is 10.8 Å². The average Bonchev–Trinajstić information content (AvgIpc) is 2.29. The number of fused-ring (bicyclic) bond motifs is 1. The summed E-state index contributed by atoms with van der Waals surface area (Å²) in [5, 5.41) is 1.10. The molecular weight excluding hydrogens is 188 g/mol. The third-order valence-corrected chi connectivity index (χ3v) is 2.59. The normalized spacial score (nSPS) is 12.8. The van der Waals surface area contributed by atoms with Crippen LogP contribution in [-0.2, 0) is 0 Å². The SMILES string of the molecule is CC.Cc1c(C)c2c(oc1=O)=CCCC=2. The molecular formula is C13H18O2. The summed E-state index contributed by atoms with van der Waals surface area (Å²) < 4.78 is 5.17. The molecule has 82 valence electrons. The summed E-state index contributed by atoms with van der Waals surface area (Å²) in [6.07, 6.45) is 6.14. The molecule has 0 unspecified atom stereocenters. The minimum atomic E-state index is -0.206. The van der Waals surface area contributed by atoms with E-state index in [4.69, 9.17) is 4.42 Å². The Morgan fingerprint density at radius 2 is 1.67 bits per heavy atom. The van der Waals surface area contributed by atoms with Gasteiger partial charge in [0.2, 0.25) is 0 Å². The molecule has 0 radical (unpaired) electrons. The van der Waals surface area contributed by atoms with Gasteiger partial charge in [-0.3, -0.25) is 0 Å². The van der Waals surface area contributed by atoms with Gasteiger partial charge in [0.25, 0.3) is 0 Å². The Morgan fingerprint density at radius 3 is 2.33 bits per heavy atom. The predicted molar refractivity (Wildman–Crippen MR) is 63.2 cm³/mol. The van der Waals surface area contributed by atoms with Crippen LogP contribution in [0.2, 0.25) is 0 Å². The molecule has 1 aromatic rings. The topological polar surface area (TPSA) is 30.2 Å². The van der Waals surface area contributed by atoms with Gasteiger partial charge in [0.1, 0.15) is 5.42 Å². The largest absolute Gasteiger partial charge is 0.423 e. The van der Waals surface area contributed by atoms with E-state index in [9.17, 15) is 4.79 Å². The third-order valence-electron chi connectivity index (χ3n) is 2.59. The summed E-state index contributed by atoms with van der Waals surface area (Å²) in [6.45, 7) is 7.78.